The molecule has 54 valence electrons. The zero-order valence-corrected chi connectivity index (χ0v) is 6.71. The summed E-state index contributed by atoms with van der Waals surface area (Å²) in [6.45, 7) is 2.28. The van der Waals surface area contributed by atoms with Crippen molar-refractivity contribution in [1.82, 2.24) is 3.93 Å². The Morgan fingerprint density at radius 1 is 1.67 bits per heavy atom. The summed E-state index contributed by atoms with van der Waals surface area (Å²) in [5, 5.41) is 17.3. The third-order valence-corrected chi connectivity index (χ3v) is 1.82. The highest BCUT2D eigenvalue weighted by Gasteiger charge is 2.25. The summed E-state index contributed by atoms with van der Waals surface area (Å²) in [7, 11) is 0. The summed E-state index contributed by atoms with van der Waals surface area (Å²) in [5.41, 5.74) is 0. The third-order valence-electron chi connectivity index (χ3n) is 0.648. The van der Waals surface area contributed by atoms with Crippen LogP contribution in [0.3, 0.4) is 0 Å². The molecule has 0 aromatic carbocycles. The van der Waals surface area contributed by atoms with Gasteiger partial charge in [0, 0.05) is 13.8 Å². The van der Waals surface area contributed by atoms with E-state index in [0.717, 1.165) is 6.92 Å². The predicted molar refractivity (Wildman–Crippen MR) is 34.3 cm³/mol. The van der Waals surface area contributed by atoms with Crippen molar-refractivity contribution in [3.8, 4) is 0 Å². The van der Waals surface area contributed by atoms with Crippen molar-refractivity contribution in [2.45, 2.75) is 19.8 Å². The highest BCUT2D eigenvalue weighted by Crippen LogP contribution is 2.11. The average molecular weight is 198 g/mol. The molecular weight excluding hydrogens is 190 g/mol. The Labute approximate surface area is 61.4 Å². The topological polar surface area (TPSA) is 60.8 Å². The van der Waals surface area contributed by atoms with E-state index in [2.05, 4.69) is 16.1 Å². The second-order valence-corrected chi connectivity index (χ2v) is 2.48. The van der Waals surface area contributed by atoms with Crippen LogP contribution < -0.4 is 0 Å². The van der Waals surface area contributed by atoms with E-state index < -0.39 is 11.8 Å². The maximum atomic E-state index is 10.3. The van der Waals surface area contributed by atoms with Crippen molar-refractivity contribution >= 4 is 22.1 Å². The van der Waals surface area contributed by atoms with Gasteiger partial charge in [0.05, 0.1) is 16.1 Å². The molecule has 0 unspecified atom stereocenters. The molecule has 0 atom stereocenters. The highest BCUT2D eigenvalue weighted by molar-refractivity contribution is 9.07. The van der Waals surface area contributed by atoms with E-state index in [1.165, 1.54) is 6.92 Å². The van der Waals surface area contributed by atoms with E-state index in [4.69, 9.17) is 10.2 Å². The van der Waals surface area contributed by atoms with Crippen molar-refractivity contribution in [3.05, 3.63) is 0 Å². The minimum Gasteiger partial charge on any atom is -0.348 e. The Hall–Kier alpha value is -0.130. The monoisotopic (exact) mass is 197 g/mol. The quantitative estimate of drug-likeness (QED) is 0.453. The molecular formula is C4H8BrNO3. The molecule has 9 heavy (non-hydrogen) atoms. The van der Waals surface area contributed by atoms with Gasteiger partial charge in [0.25, 0.3) is 5.91 Å². The van der Waals surface area contributed by atoms with Crippen LogP contribution in [0.5, 0.6) is 0 Å². The normalized spacial score (nSPS) is 11.2. The van der Waals surface area contributed by atoms with Crippen molar-refractivity contribution in [1.29, 1.82) is 0 Å². The Morgan fingerprint density at radius 2 is 2.00 bits per heavy atom. The van der Waals surface area contributed by atoms with Gasteiger partial charge in [0.2, 0.25) is 5.91 Å². The van der Waals surface area contributed by atoms with Crippen LogP contribution in [0.1, 0.15) is 13.8 Å². The van der Waals surface area contributed by atoms with Crippen LogP contribution in [0.25, 0.3) is 0 Å². The van der Waals surface area contributed by atoms with Crippen molar-refractivity contribution in [2.75, 3.05) is 0 Å². The fraction of sp³-hybridized carbons (Fsp3) is 0.750. The van der Waals surface area contributed by atoms with Gasteiger partial charge in [-0.2, -0.15) is 0 Å². The Morgan fingerprint density at radius 3 is 2.00 bits per heavy atom. The van der Waals surface area contributed by atoms with Crippen LogP contribution >= 0.6 is 16.1 Å². The predicted octanol–water partition coefficient (Wildman–Crippen LogP) is -0.197. The second-order valence-electron chi connectivity index (χ2n) is 1.77. The van der Waals surface area contributed by atoms with E-state index in [-0.39, 0.29) is 0 Å². The lowest BCUT2D eigenvalue weighted by atomic mass is 10.5. The molecule has 0 aliphatic heterocycles. The van der Waals surface area contributed by atoms with Crippen molar-refractivity contribution in [2.24, 2.45) is 0 Å². The lowest BCUT2D eigenvalue weighted by molar-refractivity contribution is -0.211. The first kappa shape index (κ1) is 8.87. The number of halogens is 1. The number of carbonyl (C=O) groups is 1. The van der Waals surface area contributed by atoms with E-state index in [9.17, 15) is 4.79 Å². The SMILES string of the molecule is CC(=O)N(Br)C(C)(O)O. The Bertz CT molecular complexity index is 119. The number of hydrogen-bond acceptors (Lipinski definition) is 3. The van der Waals surface area contributed by atoms with E-state index in [1.54, 1.807) is 0 Å². The molecule has 0 rings (SSSR count). The first-order chi connectivity index (χ1) is 3.85. The number of aliphatic hydroxyl groups is 2. The summed E-state index contributed by atoms with van der Waals surface area (Å²) >= 11 is 2.65. The molecule has 0 saturated heterocycles. The minimum absolute atomic E-state index is 0.470. The van der Waals surface area contributed by atoms with Crippen LogP contribution in [0.4, 0.5) is 0 Å². The van der Waals surface area contributed by atoms with Gasteiger partial charge in [-0.3, -0.25) is 4.79 Å². The fourth-order valence-corrected chi connectivity index (χ4v) is 0.298. The first-order valence-electron chi connectivity index (χ1n) is 2.27. The lowest BCUT2D eigenvalue weighted by Gasteiger charge is -2.24. The molecule has 2 N–H and O–H groups in total. The van der Waals surface area contributed by atoms with E-state index in [0.29, 0.717) is 3.93 Å². The van der Waals surface area contributed by atoms with Gasteiger partial charge in [-0.25, -0.2) is 3.93 Å². The molecule has 5 heteroatoms. The summed E-state index contributed by atoms with van der Waals surface area (Å²) in [5.74, 6) is -2.59. The number of carbonyl (C=O) groups excluding carboxylic acids is 1. The summed E-state index contributed by atoms with van der Waals surface area (Å²) in [6.07, 6.45) is 0. The molecule has 1 amide bonds. The minimum atomic E-state index is -2.12. The van der Waals surface area contributed by atoms with Gasteiger partial charge in [0.1, 0.15) is 0 Å². The third kappa shape index (κ3) is 2.78. The van der Waals surface area contributed by atoms with Crippen molar-refractivity contribution in [3.63, 3.8) is 0 Å². The standard InChI is InChI=1S/C4H8BrNO3/c1-3(7)6(5)4(2,8)9/h8-9H,1-2H3. The fourth-order valence-electron chi connectivity index (χ4n) is 0.298. The lowest BCUT2D eigenvalue weighted by Crippen LogP contribution is -2.41. The van der Waals surface area contributed by atoms with Crippen LogP contribution in [0.2, 0.25) is 0 Å². The van der Waals surface area contributed by atoms with Crippen LogP contribution in [0, 0.1) is 0 Å². The summed E-state index contributed by atoms with van der Waals surface area (Å²) in [6, 6.07) is 0. The molecule has 0 saturated carbocycles. The van der Waals surface area contributed by atoms with Gasteiger partial charge in [-0.15, -0.1) is 0 Å². The molecule has 0 radical (unpaired) electrons. The second kappa shape index (κ2) is 2.64. The summed E-state index contributed by atoms with van der Waals surface area (Å²) < 4.78 is 0.639. The smallest absolute Gasteiger partial charge is 0.255 e. The van der Waals surface area contributed by atoms with Gasteiger partial charge >= 0.3 is 0 Å². The van der Waals surface area contributed by atoms with E-state index in [1.807, 2.05) is 0 Å². The van der Waals surface area contributed by atoms with Gasteiger partial charge in [0.15, 0.2) is 0 Å². The first-order valence-corrected chi connectivity index (χ1v) is 2.98. The molecule has 0 spiro atoms. The Kier molecular flexibility index (Phi) is 2.60. The zero-order valence-electron chi connectivity index (χ0n) is 5.13. The molecule has 0 heterocycles. The zero-order chi connectivity index (χ0) is 7.65. The molecule has 0 fully saturated rings. The maximum Gasteiger partial charge on any atom is 0.255 e. The van der Waals surface area contributed by atoms with Crippen LogP contribution in [0.15, 0.2) is 0 Å². The van der Waals surface area contributed by atoms with Crippen LogP contribution in [-0.4, -0.2) is 26.0 Å². The largest absolute Gasteiger partial charge is 0.348 e. The number of amides is 1. The molecule has 0 aromatic rings. The molecule has 0 aromatic heterocycles. The number of nitrogens with zero attached hydrogens (tertiary/aromatic N) is 1. The molecule has 0 bridgehead atoms. The average Bonchev–Trinajstić information content (AvgIpc) is 1.62. The van der Waals surface area contributed by atoms with Crippen molar-refractivity contribution < 1.29 is 15.0 Å². The highest BCUT2D eigenvalue weighted by atomic mass is 79.9. The van der Waals surface area contributed by atoms with E-state index >= 15 is 0 Å². The number of hydrogen-bond donors (Lipinski definition) is 2. The van der Waals surface area contributed by atoms with Gasteiger partial charge in [-0.1, -0.05) is 0 Å². The molecule has 0 aliphatic rings. The summed E-state index contributed by atoms with van der Waals surface area (Å²) in [4.78, 5) is 10.3. The Balaban J connectivity index is 4.04. The van der Waals surface area contributed by atoms with Crippen LogP contribution in [-0.2, 0) is 4.79 Å². The molecule has 0 aliphatic carbocycles. The van der Waals surface area contributed by atoms with Gasteiger partial charge in [-0.05, 0) is 0 Å². The van der Waals surface area contributed by atoms with Gasteiger partial charge < -0.3 is 10.2 Å². The number of rotatable bonds is 1. The molecule has 4 nitrogen and oxygen atoms in total. The maximum absolute atomic E-state index is 10.3.